The normalized spacial score (nSPS) is 17.2. The van der Waals surface area contributed by atoms with Crippen LogP contribution in [0, 0.1) is 11.8 Å². The predicted molar refractivity (Wildman–Crippen MR) is 91.5 cm³/mol. The summed E-state index contributed by atoms with van der Waals surface area (Å²) in [5, 5.41) is 3.40. The van der Waals surface area contributed by atoms with Gasteiger partial charge in [-0.3, -0.25) is 4.79 Å². The van der Waals surface area contributed by atoms with Crippen molar-refractivity contribution >= 4 is 5.91 Å². The molecule has 122 valence electrons. The molecule has 3 heteroatoms. The summed E-state index contributed by atoms with van der Waals surface area (Å²) in [6.45, 7) is 8.19. The Hall–Kier alpha value is -1.35. The Kier molecular flexibility index (Phi) is 6.91. The predicted octanol–water partition coefficient (Wildman–Crippen LogP) is 3.45. The van der Waals surface area contributed by atoms with Gasteiger partial charge in [-0.15, -0.1) is 0 Å². The van der Waals surface area contributed by atoms with Crippen LogP contribution < -0.4 is 5.32 Å². The van der Waals surface area contributed by atoms with Crippen LogP contribution in [0.3, 0.4) is 0 Å². The van der Waals surface area contributed by atoms with Crippen molar-refractivity contribution in [2.45, 2.75) is 46.1 Å². The molecule has 1 amide bonds. The zero-order valence-electron chi connectivity index (χ0n) is 14.1. The lowest BCUT2D eigenvalue weighted by Gasteiger charge is -2.30. The molecule has 1 saturated heterocycles. The molecule has 0 aliphatic carbocycles. The van der Waals surface area contributed by atoms with Gasteiger partial charge in [0.1, 0.15) is 0 Å². The topological polar surface area (TPSA) is 32.3 Å². The third-order valence-electron chi connectivity index (χ3n) is 4.75. The largest absolute Gasteiger partial charge is 0.338 e. The molecule has 1 unspecified atom stereocenters. The van der Waals surface area contributed by atoms with Crippen LogP contribution in [-0.4, -0.2) is 30.4 Å². The van der Waals surface area contributed by atoms with Crippen molar-refractivity contribution in [3.05, 3.63) is 35.9 Å². The minimum absolute atomic E-state index is 0.316. The highest BCUT2D eigenvalue weighted by molar-refractivity contribution is 5.76. The Morgan fingerprint density at radius 1 is 1.27 bits per heavy atom. The number of carbonyl (C=O) groups is 1. The number of rotatable bonds is 7. The fourth-order valence-electron chi connectivity index (χ4n) is 3.35. The van der Waals surface area contributed by atoms with Crippen LogP contribution in [0.25, 0.3) is 0 Å². The summed E-state index contributed by atoms with van der Waals surface area (Å²) in [5.41, 5.74) is 1.22. The molecule has 1 aliphatic rings. The molecule has 1 aromatic rings. The van der Waals surface area contributed by atoms with Gasteiger partial charge in [-0.05, 0) is 49.8 Å². The maximum absolute atomic E-state index is 12.7. The summed E-state index contributed by atoms with van der Waals surface area (Å²) < 4.78 is 0. The maximum Gasteiger partial charge on any atom is 0.223 e. The molecule has 1 aliphatic heterocycles. The number of nitrogens with zero attached hydrogens (tertiary/aromatic N) is 1. The Morgan fingerprint density at radius 3 is 2.59 bits per heavy atom. The summed E-state index contributed by atoms with van der Waals surface area (Å²) in [6.07, 6.45) is 4.12. The number of nitrogens with one attached hydrogen (secondary N) is 1. The van der Waals surface area contributed by atoms with Crippen LogP contribution in [-0.2, 0) is 11.3 Å². The average molecular weight is 302 g/mol. The van der Waals surface area contributed by atoms with Crippen molar-refractivity contribution in [1.29, 1.82) is 0 Å². The third kappa shape index (κ3) is 5.13. The molecule has 0 bridgehead atoms. The van der Waals surface area contributed by atoms with E-state index in [1.54, 1.807) is 0 Å². The fourth-order valence-corrected chi connectivity index (χ4v) is 3.35. The number of piperidine rings is 1. The highest BCUT2D eigenvalue weighted by atomic mass is 16.2. The summed E-state index contributed by atoms with van der Waals surface area (Å²) in [6, 6.07) is 10.3. The highest BCUT2D eigenvalue weighted by Gasteiger charge is 2.24. The average Bonchev–Trinajstić information content (AvgIpc) is 2.56. The zero-order chi connectivity index (χ0) is 15.8. The van der Waals surface area contributed by atoms with Gasteiger partial charge in [-0.25, -0.2) is 0 Å². The van der Waals surface area contributed by atoms with Gasteiger partial charge >= 0.3 is 0 Å². The maximum atomic E-state index is 12.7. The Balaban J connectivity index is 1.90. The van der Waals surface area contributed by atoms with Gasteiger partial charge in [0.15, 0.2) is 0 Å². The summed E-state index contributed by atoms with van der Waals surface area (Å²) in [5.74, 6) is 1.51. The monoisotopic (exact) mass is 302 g/mol. The molecule has 0 spiro atoms. The summed E-state index contributed by atoms with van der Waals surface area (Å²) in [4.78, 5) is 14.7. The standard InChI is InChI=1S/C19H30N2O/c1-3-13-21(15-17-7-5-4-6-8-17)19(22)14-16(2)18-9-11-20-12-10-18/h4-8,16,18,20H,3,9-15H2,1-2H3. The van der Waals surface area contributed by atoms with Gasteiger partial charge < -0.3 is 10.2 Å². The SMILES string of the molecule is CCCN(Cc1ccccc1)C(=O)CC(C)C1CCNCC1. The molecule has 1 aromatic carbocycles. The van der Waals surface area contributed by atoms with Crippen LogP contribution in [0.1, 0.15) is 45.1 Å². The first-order chi connectivity index (χ1) is 10.7. The molecule has 1 N–H and O–H groups in total. The van der Waals surface area contributed by atoms with Gasteiger partial charge in [0.05, 0.1) is 0 Å². The highest BCUT2D eigenvalue weighted by Crippen LogP contribution is 2.25. The lowest BCUT2D eigenvalue weighted by atomic mass is 9.84. The van der Waals surface area contributed by atoms with Crippen molar-refractivity contribution in [3.8, 4) is 0 Å². The van der Waals surface area contributed by atoms with E-state index in [-0.39, 0.29) is 0 Å². The van der Waals surface area contributed by atoms with Crippen molar-refractivity contribution < 1.29 is 4.79 Å². The number of hydrogen-bond acceptors (Lipinski definition) is 2. The Bertz CT molecular complexity index is 440. The first-order valence-electron chi connectivity index (χ1n) is 8.73. The molecule has 3 nitrogen and oxygen atoms in total. The molecule has 0 saturated carbocycles. The molecule has 1 heterocycles. The van der Waals surface area contributed by atoms with E-state index in [9.17, 15) is 4.79 Å². The van der Waals surface area contributed by atoms with Crippen LogP contribution in [0.5, 0.6) is 0 Å². The van der Waals surface area contributed by atoms with Crippen molar-refractivity contribution in [3.63, 3.8) is 0 Å². The van der Waals surface area contributed by atoms with E-state index in [1.807, 2.05) is 23.1 Å². The second-order valence-electron chi connectivity index (χ2n) is 6.57. The zero-order valence-corrected chi connectivity index (χ0v) is 14.1. The lowest BCUT2D eigenvalue weighted by molar-refractivity contribution is -0.133. The van der Waals surface area contributed by atoms with Crippen LogP contribution >= 0.6 is 0 Å². The molecule has 22 heavy (non-hydrogen) atoms. The van der Waals surface area contributed by atoms with Crippen molar-refractivity contribution in [1.82, 2.24) is 10.2 Å². The smallest absolute Gasteiger partial charge is 0.223 e. The first kappa shape index (κ1) is 17.0. The number of amides is 1. The van der Waals surface area contributed by atoms with E-state index in [2.05, 4.69) is 31.3 Å². The Labute approximate surface area is 135 Å². The van der Waals surface area contributed by atoms with E-state index < -0.39 is 0 Å². The van der Waals surface area contributed by atoms with E-state index in [0.717, 1.165) is 32.6 Å². The van der Waals surface area contributed by atoms with E-state index >= 15 is 0 Å². The minimum atomic E-state index is 0.316. The van der Waals surface area contributed by atoms with Crippen LogP contribution in [0.2, 0.25) is 0 Å². The molecule has 1 atom stereocenters. The van der Waals surface area contributed by atoms with Gasteiger partial charge in [-0.1, -0.05) is 44.2 Å². The van der Waals surface area contributed by atoms with E-state index in [0.29, 0.717) is 24.2 Å². The molecule has 0 aromatic heterocycles. The second-order valence-corrected chi connectivity index (χ2v) is 6.57. The molecular weight excluding hydrogens is 272 g/mol. The van der Waals surface area contributed by atoms with Crippen LogP contribution in [0.4, 0.5) is 0 Å². The molecule has 1 fully saturated rings. The van der Waals surface area contributed by atoms with Gasteiger partial charge in [0, 0.05) is 19.5 Å². The van der Waals surface area contributed by atoms with Crippen LogP contribution in [0.15, 0.2) is 30.3 Å². The van der Waals surface area contributed by atoms with Crippen molar-refractivity contribution in [2.75, 3.05) is 19.6 Å². The van der Waals surface area contributed by atoms with Gasteiger partial charge in [-0.2, -0.15) is 0 Å². The van der Waals surface area contributed by atoms with E-state index in [4.69, 9.17) is 0 Å². The van der Waals surface area contributed by atoms with E-state index in [1.165, 1.54) is 18.4 Å². The quantitative estimate of drug-likeness (QED) is 0.836. The fraction of sp³-hybridized carbons (Fsp3) is 0.632. The minimum Gasteiger partial charge on any atom is -0.338 e. The third-order valence-corrected chi connectivity index (χ3v) is 4.75. The summed E-state index contributed by atoms with van der Waals surface area (Å²) in [7, 11) is 0. The number of benzene rings is 1. The summed E-state index contributed by atoms with van der Waals surface area (Å²) >= 11 is 0. The number of hydrogen-bond donors (Lipinski definition) is 1. The first-order valence-corrected chi connectivity index (χ1v) is 8.73. The lowest BCUT2D eigenvalue weighted by Crippen LogP contribution is -2.35. The van der Waals surface area contributed by atoms with Crippen molar-refractivity contribution in [2.24, 2.45) is 11.8 Å². The molecule has 2 rings (SSSR count). The van der Waals surface area contributed by atoms with Gasteiger partial charge in [0.2, 0.25) is 5.91 Å². The molecular formula is C19H30N2O. The number of carbonyl (C=O) groups excluding carboxylic acids is 1. The molecule has 0 radical (unpaired) electrons. The second kappa shape index (κ2) is 8.94. The Morgan fingerprint density at radius 2 is 1.95 bits per heavy atom. The van der Waals surface area contributed by atoms with Gasteiger partial charge in [0.25, 0.3) is 0 Å².